The van der Waals surface area contributed by atoms with Crippen molar-refractivity contribution in [2.45, 2.75) is 13.3 Å². The molecule has 1 aromatic heterocycles. The molecule has 1 heterocycles. The minimum absolute atomic E-state index is 0.193. The molecule has 0 bridgehead atoms. The lowest BCUT2D eigenvalue weighted by atomic mass is 10.3. The lowest BCUT2D eigenvalue weighted by Crippen LogP contribution is -2.18. The maximum absolute atomic E-state index is 11.9. The molecule has 0 atom stereocenters. The molecule has 0 aliphatic heterocycles. The van der Waals surface area contributed by atoms with Crippen molar-refractivity contribution in [3.8, 4) is 5.88 Å². The molecule has 0 saturated heterocycles. The van der Waals surface area contributed by atoms with Gasteiger partial charge in [-0.05, 0) is 50.4 Å². The van der Waals surface area contributed by atoms with Crippen molar-refractivity contribution in [2.75, 3.05) is 0 Å². The Labute approximate surface area is 94.7 Å². The fourth-order valence-electron chi connectivity index (χ4n) is 0.766. The van der Waals surface area contributed by atoms with Crippen molar-refractivity contribution >= 4 is 31.9 Å². The van der Waals surface area contributed by atoms with E-state index in [9.17, 15) is 13.2 Å². The molecule has 0 fully saturated rings. The van der Waals surface area contributed by atoms with Crippen LogP contribution in [0.1, 0.15) is 5.56 Å². The van der Waals surface area contributed by atoms with Crippen LogP contribution in [0.4, 0.5) is 13.2 Å². The van der Waals surface area contributed by atoms with Gasteiger partial charge in [0.05, 0.1) is 4.47 Å². The Balaban J connectivity index is 3.09. The Bertz CT molecular complexity index is 354. The quantitative estimate of drug-likeness (QED) is 0.728. The number of aryl methyl sites for hydroxylation is 1. The third-order valence-corrected chi connectivity index (χ3v) is 2.66. The van der Waals surface area contributed by atoms with E-state index in [1.807, 2.05) is 0 Å². The van der Waals surface area contributed by atoms with E-state index in [0.29, 0.717) is 5.56 Å². The molecule has 1 aromatic rings. The highest BCUT2D eigenvalue weighted by Crippen LogP contribution is 2.32. The van der Waals surface area contributed by atoms with Gasteiger partial charge in [-0.1, -0.05) is 0 Å². The summed E-state index contributed by atoms with van der Waals surface area (Å²) in [4.78, 5) is 3.55. The number of hydrogen-bond donors (Lipinski definition) is 0. The van der Waals surface area contributed by atoms with E-state index in [-0.39, 0.29) is 9.08 Å². The molecule has 7 heteroatoms. The van der Waals surface area contributed by atoms with Gasteiger partial charge in [-0.3, -0.25) is 0 Å². The predicted octanol–water partition coefficient (Wildman–Crippen LogP) is 3.81. The maximum atomic E-state index is 11.9. The minimum atomic E-state index is -4.73. The van der Waals surface area contributed by atoms with Gasteiger partial charge in [0.25, 0.3) is 0 Å². The topological polar surface area (TPSA) is 22.1 Å². The molecule has 0 saturated carbocycles. The van der Waals surface area contributed by atoms with Gasteiger partial charge >= 0.3 is 6.36 Å². The van der Waals surface area contributed by atoms with Gasteiger partial charge in [-0.15, -0.1) is 13.2 Å². The summed E-state index contributed by atoms with van der Waals surface area (Å²) in [6, 6.07) is 1.58. The van der Waals surface area contributed by atoms with Crippen molar-refractivity contribution in [3.63, 3.8) is 0 Å². The summed E-state index contributed by atoms with van der Waals surface area (Å²) < 4.78 is 39.8. The highest BCUT2D eigenvalue weighted by atomic mass is 79.9. The molecule has 0 aromatic carbocycles. The van der Waals surface area contributed by atoms with Crippen molar-refractivity contribution < 1.29 is 17.9 Å². The zero-order valence-corrected chi connectivity index (χ0v) is 9.99. The first-order valence-corrected chi connectivity index (χ1v) is 4.96. The van der Waals surface area contributed by atoms with E-state index in [1.54, 1.807) is 13.0 Å². The van der Waals surface area contributed by atoms with Crippen LogP contribution in [-0.4, -0.2) is 11.3 Å². The summed E-state index contributed by atoms with van der Waals surface area (Å²) in [5, 5.41) is 0. The highest BCUT2D eigenvalue weighted by Gasteiger charge is 2.33. The van der Waals surface area contributed by atoms with Crippen LogP contribution in [0, 0.1) is 6.92 Å². The number of aromatic nitrogens is 1. The van der Waals surface area contributed by atoms with Crippen LogP contribution in [0.5, 0.6) is 5.88 Å². The first-order valence-electron chi connectivity index (χ1n) is 3.38. The van der Waals surface area contributed by atoms with Gasteiger partial charge in [-0.2, -0.15) is 0 Å². The second kappa shape index (κ2) is 4.06. The Kier molecular flexibility index (Phi) is 3.41. The highest BCUT2D eigenvalue weighted by molar-refractivity contribution is 9.11. The molecule has 0 N–H and O–H groups in total. The Morgan fingerprint density at radius 2 is 1.93 bits per heavy atom. The predicted molar refractivity (Wildman–Crippen MR) is 51.1 cm³/mol. The first-order chi connectivity index (χ1) is 6.29. The molecular formula is C7H4Br2F3NO. The lowest BCUT2D eigenvalue weighted by molar-refractivity contribution is -0.276. The standard InChI is InChI=1S/C7H4Br2F3NO/c1-3-2-4(8)13-6(5(3)9)14-7(10,11)12/h2H,1H3. The molecule has 0 spiro atoms. The zero-order valence-electron chi connectivity index (χ0n) is 6.82. The molecule has 0 aliphatic carbocycles. The number of hydrogen-bond acceptors (Lipinski definition) is 2. The van der Waals surface area contributed by atoms with Crippen LogP contribution >= 0.6 is 31.9 Å². The third-order valence-electron chi connectivity index (χ3n) is 1.29. The van der Waals surface area contributed by atoms with Gasteiger partial charge < -0.3 is 4.74 Å². The number of ether oxygens (including phenoxy) is 1. The average molecular weight is 335 g/mol. The summed E-state index contributed by atoms with van der Waals surface area (Å²) in [5.74, 6) is -0.496. The fraction of sp³-hybridized carbons (Fsp3) is 0.286. The molecule has 78 valence electrons. The summed E-state index contributed by atoms with van der Waals surface area (Å²) >= 11 is 5.93. The average Bonchev–Trinajstić information content (AvgIpc) is 1.96. The molecule has 0 aliphatic rings. The molecular weight excluding hydrogens is 331 g/mol. The minimum Gasteiger partial charge on any atom is -0.387 e. The number of nitrogens with zero attached hydrogens (tertiary/aromatic N) is 1. The van der Waals surface area contributed by atoms with E-state index >= 15 is 0 Å². The number of pyridine rings is 1. The fourth-order valence-corrected chi connectivity index (χ4v) is 1.55. The SMILES string of the molecule is Cc1cc(Br)nc(OC(F)(F)F)c1Br. The first kappa shape index (κ1) is 11.8. The number of rotatable bonds is 1. The molecule has 0 amide bonds. The Morgan fingerprint density at radius 3 is 2.43 bits per heavy atom. The lowest BCUT2D eigenvalue weighted by Gasteiger charge is -2.10. The largest absolute Gasteiger partial charge is 0.574 e. The maximum Gasteiger partial charge on any atom is 0.574 e. The molecule has 2 nitrogen and oxygen atoms in total. The van der Waals surface area contributed by atoms with Gasteiger partial charge in [0.15, 0.2) is 0 Å². The molecule has 1 rings (SSSR count). The summed E-state index contributed by atoms with van der Waals surface area (Å²) in [5.41, 5.74) is 0.603. The van der Waals surface area contributed by atoms with Gasteiger partial charge in [0.1, 0.15) is 4.60 Å². The monoisotopic (exact) mass is 333 g/mol. The normalized spacial score (nSPS) is 11.6. The van der Waals surface area contributed by atoms with Crippen molar-refractivity contribution in [1.82, 2.24) is 4.98 Å². The van der Waals surface area contributed by atoms with Crippen molar-refractivity contribution in [1.29, 1.82) is 0 Å². The molecule has 14 heavy (non-hydrogen) atoms. The smallest absolute Gasteiger partial charge is 0.387 e. The van der Waals surface area contributed by atoms with Crippen LogP contribution in [0.3, 0.4) is 0 Å². The third kappa shape index (κ3) is 3.13. The Morgan fingerprint density at radius 1 is 1.36 bits per heavy atom. The van der Waals surface area contributed by atoms with Crippen LogP contribution in [0.15, 0.2) is 15.1 Å². The number of alkyl halides is 3. The van der Waals surface area contributed by atoms with E-state index in [4.69, 9.17) is 0 Å². The van der Waals surface area contributed by atoms with Crippen LogP contribution < -0.4 is 4.74 Å². The van der Waals surface area contributed by atoms with Gasteiger partial charge in [0.2, 0.25) is 5.88 Å². The van der Waals surface area contributed by atoms with Gasteiger partial charge in [-0.25, -0.2) is 4.98 Å². The van der Waals surface area contributed by atoms with Gasteiger partial charge in [0, 0.05) is 0 Å². The summed E-state index contributed by atoms with van der Waals surface area (Å²) in [7, 11) is 0. The second-order valence-electron chi connectivity index (χ2n) is 2.43. The summed E-state index contributed by atoms with van der Waals surface area (Å²) in [6.07, 6.45) is -4.73. The molecule has 0 radical (unpaired) electrons. The van der Waals surface area contributed by atoms with Crippen LogP contribution in [0.25, 0.3) is 0 Å². The molecule has 0 unspecified atom stereocenters. The van der Waals surface area contributed by atoms with E-state index in [1.165, 1.54) is 0 Å². The van der Waals surface area contributed by atoms with E-state index in [0.717, 1.165) is 0 Å². The van der Waals surface area contributed by atoms with Crippen molar-refractivity contribution in [3.05, 3.63) is 20.7 Å². The Hall–Kier alpha value is -0.300. The second-order valence-corrected chi connectivity index (χ2v) is 4.03. The summed E-state index contributed by atoms with van der Waals surface area (Å²) in [6.45, 7) is 1.64. The van der Waals surface area contributed by atoms with E-state index in [2.05, 4.69) is 41.6 Å². The van der Waals surface area contributed by atoms with Crippen LogP contribution in [-0.2, 0) is 0 Å². The van der Waals surface area contributed by atoms with Crippen LogP contribution in [0.2, 0.25) is 0 Å². The number of halogens is 5. The van der Waals surface area contributed by atoms with Crippen molar-refractivity contribution in [2.24, 2.45) is 0 Å². The van der Waals surface area contributed by atoms with E-state index < -0.39 is 12.2 Å². The zero-order chi connectivity index (χ0) is 10.9.